The standard InChI is InChI=1S/C14H14N4O2/c19-13-11(6-3-7-15-13)18-14(20)12-8-16-9-4-1-2-5-10(9)17-12/h1-2,4-5,8,11H,3,6-7H2,(H,15,19)(H,18,20). The van der Waals surface area contributed by atoms with Crippen molar-refractivity contribution in [2.24, 2.45) is 0 Å². The van der Waals surface area contributed by atoms with Crippen molar-refractivity contribution in [2.75, 3.05) is 6.54 Å². The Morgan fingerprint density at radius 2 is 2.10 bits per heavy atom. The Hall–Kier alpha value is -2.50. The van der Waals surface area contributed by atoms with Gasteiger partial charge >= 0.3 is 0 Å². The van der Waals surface area contributed by atoms with Gasteiger partial charge in [-0.3, -0.25) is 14.6 Å². The minimum absolute atomic E-state index is 0.140. The van der Waals surface area contributed by atoms with E-state index in [1.54, 1.807) is 6.07 Å². The summed E-state index contributed by atoms with van der Waals surface area (Å²) in [6.45, 7) is 0.668. The van der Waals surface area contributed by atoms with Crippen LogP contribution in [0.1, 0.15) is 23.3 Å². The fraction of sp³-hybridized carbons (Fsp3) is 0.286. The molecule has 6 nitrogen and oxygen atoms in total. The third kappa shape index (κ3) is 2.45. The summed E-state index contributed by atoms with van der Waals surface area (Å²) in [5.74, 6) is -0.511. The molecule has 1 unspecified atom stereocenters. The molecule has 20 heavy (non-hydrogen) atoms. The van der Waals surface area contributed by atoms with E-state index in [-0.39, 0.29) is 17.5 Å². The zero-order valence-corrected chi connectivity index (χ0v) is 10.8. The maximum Gasteiger partial charge on any atom is 0.272 e. The monoisotopic (exact) mass is 270 g/mol. The number of hydrogen-bond donors (Lipinski definition) is 2. The predicted molar refractivity (Wildman–Crippen MR) is 73.0 cm³/mol. The molecule has 0 radical (unpaired) electrons. The van der Waals surface area contributed by atoms with Crippen LogP contribution in [0.5, 0.6) is 0 Å². The molecule has 6 heteroatoms. The number of nitrogens with zero attached hydrogens (tertiary/aromatic N) is 2. The van der Waals surface area contributed by atoms with Crippen molar-refractivity contribution in [1.29, 1.82) is 0 Å². The summed E-state index contributed by atoms with van der Waals surface area (Å²) in [7, 11) is 0. The normalized spacial score (nSPS) is 18.6. The molecule has 1 aromatic heterocycles. The van der Waals surface area contributed by atoms with Gasteiger partial charge < -0.3 is 10.6 Å². The van der Waals surface area contributed by atoms with E-state index in [2.05, 4.69) is 20.6 Å². The molecule has 1 aliphatic rings. The molecule has 2 aromatic rings. The number of carbonyl (C=O) groups is 2. The Kier molecular flexibility index (Phi) is 3.28. The first-order chi connectivity index (χ1) is 9.74. The summed E-state index contributed by atoms with van der Waals surface area (Å²) in [6.07, 6.45) is 2.94. The van der Waals surface area contributed by atoms with Gasteiger partial charge in [-0.05, 0) is 25.0 Å². The summed E-state index contributed by atoms with van der Waals surface area (Å²) in [5.41, 5.74) is 1.62. The quantitative estimate of drug-likeness (QED) is 0.838. The lowest BCUT2D eigenvalue weighted by Crippen LogP contribution is -2.50. The van der Waals surface area contributed by atoms with Crippen LogP contribution in [0.3, 0.4) is 0 Å². The first kappa shape index (κ1) is 12.5. The van der Waals surface area contributed by atoms with Crippen molar-refractivity contribution in [1.82, 2.24) is 20.6 Å². The molecule has 2 N–H and O–H groups in total. The second-order valence-electron chi connectivity index (χ2n) is 4.70. The van der Waals surface area contributed by atoms with E-state index < -0.39 is 6.04 Å². The number of aromatic nitrogens is 2. The Morgan fingerprint density at radius 3 is 2.90 bits per heavy atom. The van der Waals surface area contributed by atoms with E-state index in [0.717, 1.165) is 11.9 Å². The Balaban J connectivity index is 1.79. The molecule has 1 aliphatic heterocycles. The fourth-order valence-electron chi connectivity index (χ4n) is 2.21. The topological polar surface area (TPSA) is 84.0 Å². The summed E-state index contributed by atoms with van der Waals surface area (Å²) in [4.78, 5) is 32.2. The number of piperidine rings is 1. The van der Waals surface area contributed by atoms with Crippen molar-refractivity contribution < 1.29 is 9.59 Å². The minimum Gasteiger partial charge on any atom is -0.354 e. The highest BCUT2D eigenvalue weighted by atomic mass is 16.2. The summed E-state index contributed by atoms with van der Waals surface area (Å²) in [6, 6.07) is 6.85. The smallest absolute Gasteiger partial charge is 0.272 e. The van der Waals surface area contributed by atoms with Crippen LogP contribution in [0.4, 0.5) is 0 Å². The van der Waals surface area contributed by atoms with Gasteiger partial charge in [0.05, 0.1) is 17.2 Å². The average molecular weight is 270 g/mol. The van der Waals surface area contributed by atoms with Gasteiger partial charge in [0.1, 0.15) is 11.7 Å². The van der Waals surface area contributed by atoms with Crippen molar-refractivity contribution in [2.45, 2.75) is 18.9 Å². The highest BCUT2D eigenvalue weighted by Gasteiger charge is 2.24. The second-order valence-corrected chi connectivity index (χ2v) is 4.70. The predicted octanol–water partition coefficient (Wildman–Crippen LogP) is 0.638. The van der Waals surface area contributed by atoms with Crippen LogP contribution >= 0.6 is 0 Å². The van der Waals surface area contributed by atoms with Gasteiger partial charge in [0.25, 0.3) is 5.91 Å². The van der Waals surface area contributed by atoms with E-state index in [4.69, 9.17) is 0 Å². The van der Waals surface area contributed by atoms with E-state index >= 15 is 0 Å². The van der Waals surface area contributed by atoms with E-state index in [1.807, 2.05) is 18.2 Å². The third-order valence-corrected chi connectivity index (χ3v) is 3.27. The van der Waals surface area contributed by atoms with E-state index in [1.165, 1.54) is 6.20 Å². The van der Waals surface area contributed by atoms with Crippen LogP contribution in [0.25, 0.3) is 11.0 Å². The number of fused-ring (bicyclic) bond motifs is 1. The molecule has 1 aromatic carbocycles. The molecule has 0 saturated carbocycles. The van der Waals surface area contributed by atoms with Crippen molar-refractivity contribution in [3.05, 3.63) is 36.2 Å². The molecular weight excluding hydrogens is 256 g/mol. The Bertz CT molecular complexity index is 671. The average Bonchev–Trinajstić information content (AvgIpc) is 2.49. The lowest BCUT2D eigenvalue weighted by atomic mass is 10.1. The van der Waals surface area contributed by atoms with Crippen molar-refractivity contribution in [3.63, 3.8) is 0 Å². The van der Waals surface area contributed by atoms with Gasteiger partial charge in [-0.2, -0.15) is 0 Å². The van der Waals surface area contributed by atoms with Crippen LogP contribution in [0.15, 0.2) is 30.5 Å². The van der Waals surface area contributed by atoms with E-state index in [0.29, 0.717) is 18.5 Å². The van der Waals surface area contributed by atoms with Gasteiger partial charge in [0.15, 0.2) is 0 Å². The number of nitrogens with one attached hydrogen (secondary N) is 2. The van der Waals surface area contributed by atoms with Gasteiger partial charge in [-0.1, -0.05) is 12.1 Å². The number of amides is 2. The number of hydrogen-bond acceptors (Lipinski definition) is 4. The maximum atomic E-state index is 12.1. The SMILES string of the molecule is O=C(NC1CCCNC1=O)c1cnc2ccccc2n1. The molecule has 0 aliphatic carbocycles. The van der Waals surface area contributed by atoms with Gasteiger partial charge in [0.2, 0.25) is 5.91 Å². The lowest BCUT2D eigenvalue weighted by molar-refractivity contribution is -0.124. The number of para-hydroxylation sites is 2. The first-order valence-electron chi connectivity index (χ1n) is 6.54. The van der Waals surface area contributed by atoms with Crippen LogP contribution in [0.2, 0.25) is 0 Å². The molecule has 2 amide bonds. The number of benzene rings is 1. The second kappa shape index (κ2) is 5.24. The zero-order chi connectivity index (χ0) is 13.9. The molecule has 102 valence electrons. The largest absolute Gasteiger partial charge is 0.354 e. The van der Waals surface area contributed by atoms with E-state index in [9.17, 15) is 9.59 Å². The Labute approximate surface area is 115 Å². The van der Waals surface area contributed by atoms with Crippen LogP contribution < -0.4 is 10.6 Å². The third-order valence-electron chi connectivity index (χ3n) is 3.27. The Morgan fingerprint density at radius 1 is 1.30 bits per heavy atom. The summed E-state index contributed by atoms with van der Waals surface area (Å²) >= 11 is 0. The molecule has 2 heterocycles. The van der Waals surface area contributed by atoms with Crippen LogP contribution in [0, 0.1) is 0 Å². The first-order valence-corrected chi connectivity index (χ1v) is 6.54. The maximum absolute atomic E-state index is 12.1. The van der Waals surface area contributed by atoms with Crippen molar-refractivity contribution in [3.8, 4) is 0 Å². The zero-order valence-electron chi connectivity index (χ0n) is 10.8. The van der Waals surface area contributed by atoms with Crippen LogP contribution in [-0.2, 0) is 4.79 Å². The molecule has 0 bridgehead atoms. The van der Waals surface area contributed by atoms with Crippen LogP contribution in [-0.4, -0.2) is 34.4 Å². The highest BCUT2D eigenvalue weighted by Crippen LogP contribution is 2.09. The molecule has 1 atom stereocenters. The van der Waals surface area contributed by atoms with Crippen molar-refractivity contribution >= 4 is 22.8 Å². The molecular formula is C14H14N4O2. The number of rotatable bonds is 2. The summed E-state index contributed by atoms with van der Waals surface area (Å²) in [5, 5.41) is 5.42. The fourth-order valence-corrected chi connectivity index (χ4v) is 2.21. The molecule has 0 spiro atoms. The summed E-state index contributed by atoms with van der Waals surface area (Å²) < 4.78 is 0. The van der Waals surface area contributed by atoms with Gasteiger partial charge in [-0.25, -0.2) is 4.98 Å². The minimum atomic E-state index is -0.482. The van der Waals surface area contributed by atoms with Gasteiger partial charge in [-0.15, -0.1) is 0 Å². The molecule has 1 saturated heterocycles. The molecule has 3 rings (SSSR count). The lowest BCUT2D eigenvalue weighted by Gasteiger charge is -2.22. The van der Waals surface area contributed by atoms with Gasteiger partial charge in [0, 0.05) is 6.54 Å². The number of carbonyl (C=O) groups excluding carboxylic acids is 2. The molecule has 1 fully saturated rings. The highest BCUT2D eigenvalue weighted by molar-refractivity contribution is 5.97.